The van der Waals surface area contributed by atoms with Gasteiger partial charge >= 0.3 is 0 Å². The maximum Gasteiger partial charge on any atom is 0.238 e. The topological polar surface area (TPSA) is 93.4 Å². The van der Waals surface area contributed by atoms with Crippen LogP contribution in [0.2, 0.25) is 0 Å². The Morgan fingerprint density at radius 3 is 2.78 bits per heavy atom. The molecule has 0 atom stereocenters. The van der Waals surface area contributed by atoms with E-state index in [4.69, 9.17) is 5.73 Å². The van der Waals surface area contributed by atoms with E-state index in [1.807, 2.05) is 0 Å². The number of hydrogen-bond acceptors (Lipinski definition) is 5. The van der Waals surface area contributed by atoms with Crippen LogP contribution in [0.5, 0.6) is 0 Å². The molecule has 1 aliphatic carbocycles. The summed E-state index contributed by atoms with van der Waals surface area (Å²) in [6, 6.07) is 3.19. The van der Waals surface area contributed by atoms with E-state index in [1.165, 1.54) is 17.2 Å². The number of nitrogens with zero attached hydrogens (tertiary/aromatic N) is 2. The Morgan fingerprint density at radius 1 is 1.56 bits per heavy atom. The molecular formula is C11H15N3O3S. The van der Waals surface area contributed by atoms with Crippen molar-refractivity contribution < 1.29 is 13.2 Å². The van der Waals surface area contributed by atoms with Crippen molar-refractivity contribution in [3.05, 3.63) is 18.3 Å². The lowest BCUT2D eigenvalue weighted by Gasteiger charge is -2.16. The number of carbonyl (C=O) groups is 1. The molecule has 6 nitrogen and oxygen atoms in total. The molecule has 0 saturated heterocycles. The number of rotatable bonds is 4. The third-order valence-electron chi connectivity index (χ3n) is 2.90. The van der Waals surface area contributed by atoms with Gasteiger partial charge in [0.15, 0.2) is 5.03 Å². The maximum atomic E-state index is 12.0. The first-order valence-electron chi connectivity index (χ1n) is 5.61. The summed E-state index contributed by atoms with van der Waals surface area (Å²) in [6.45, 7) is 0. The lowest BCUT2D eigenvalue weighted by Crippen LogP contribution is -2.34. The van der Waals surface area contributed by atoms with E-state index in [-0.39, 0.29) is 16.8 Å². The molecule has 2 N–H and O–H groups in total. The zero-order valence-corrected chi connectivity index (χ0v) is 10.9. The van der Waals surface area contributed by atoms with Crippen LogP contribution in [-0.2, 0) is 14.6 Å². The number of hydrogen-bond donors (Lipinski definition) is 1. The van der Waals surface area contributed by atoms with Crippen molar-refractivity contribution in [1.29, 1.82) is 0 Å². The normalized spacial score (nSPS) is 15.4. The summed E-state index contributed by atoms with van der Waals surface area (Å²) in [5.74, 6) is -0.996. The highest BCUT2D eigenvalue weighted by Crippen LogP contribution is 2.26. The van der Waals surface area contributed by atoms with Gasteiger partial charge in [-0.1, -0.05) is 0 Å². The summed E-state index contributed by atoms with van der Waals surface area (Å²) < 4.78 is 24.0. The Bertz CT molecular complexity index is 567. The Balaban J connectivity index is 2.17. The van der Waals surface area contributed by atoms with Crippen LogP contribution < -0.4 is 5.73 Å². The highest BCUT2D eigenvalue weighted by atomic mass is 32.2. The number of nitrogens with two attached hydrogens (primary N) is 1. The fourth-order valence-electron chi connectivity index (χ4n) is 1.66. The van der Waals surface area contributed by atoms with Crippen molar-refractivity contribution >= 4 is 21.4 Å². The largest absolute Gasteiger partial charge is 0.396 e. The molecule has 1 saturated carbocycles. The quantitative estimate of drug-likeness (QED) is 0.834. The van der Waals surface area contributed by atoms with Crippen LogP contribution >= 0.6 is 0 Å². The van der Waals surface area contributed by atoms with E-state index < -0.39 is 21.5 Å². The van der Waals surface area contributed by atoms with Gasteiger partial charge in [0, 0.05) is 19.3 Å². The monoisotopic (exact) mass is 269 g/mol. The van der Waals surface area contributed by atoms with Gasteiger partial charge in [-0.25, -0.2) is 13.4 Å². The summed E-state index contributed by atoms with van der Waals surface area (Å²) in [4.78, 5) is 17.0. The average molecular weight is 269 g/mol. The molecule has 1 aliphatic rings. The molecule has 18 heavy (non-hydrogen) atoms. The van der Waals surface area contributed by atoms with Crippen LogP contribution in [0.1, 0.15) is 12.8 Å². The first-order chi connectivity index (χ1) is 8.42. The second-order valence-electron chi connectivity index (χ2n) is 4.39. The van der Waals surface area contributed by atoms with Gasteiger partial charge in [-0.15, -0.1) is 0 Å². The van der Waals surface area contributed by atoms with Gasteiger partial charge in [-0.05, 0) is 25.0 Å². The van der Waals surface area contributed by atoms with Crippen molar-refractivity contribution in [2.75, 3.05) is 18.5 Å². The average Bonchev–Trinajstić information content (AvgIpc) is 3.11. The molecule has 7 heteroatoms. The highest BCUT2D eigenvalue weighted by molar-refractivity contribution is 7.92. The molecule has 0 radical (unpaired) electrons. The minimum atomic E-state index is -3.77. The number of sulfone groups is 1. The van der Waals surface area contributed by atoms with E-state index in [0.717, 1.165) is 12.8 Å². The second-order valence-corrected chi connectivity index (χ2v) is 6.30. The molecule has 0 aromatic carbocycles. The Morgan fingerprint density at radius 2 is 2.22 bits per heavy atom. The maximum absolute atomic E-state index is 12.0. The highest BCUT2D eigenvalue weighted by Gasteiger charge is 2.32. The number of aromatic nitrogens is 1. The first-order valence-corrected chi connectivity index (χ1v) is 7.26. The standard InChI is InChI=1S/C11H15N3O3S/c1-14(8-4-5-8)10(15)7-18(16,17)11-9(12)3-2-6-13-11/h2-3,6,8H,4-5,7,12H2,1H3. The van der Waals surface area contributed by atoms with Crippen LogP contribution in [0.4, 0.5) is 5.69 Å². The van der Waals surface area contributed by atoms with Crippen molar-refractivity contribution in [2.24, 2.45) is 0 Å². The zero-order chi connectivity index (χ0) is 13.3. The summed E-state index contributed by atoms with van der Waals surface area (Å²) >= 11 is 0. The summed E-state index contributed by atoms with van der Waals surface area (Å²) in [5, 5.41) is -0.220. The molecule has 1 amide bonds. The van der Waals surface area contributed by atoms with Gasteiger partial charge < -0.3 is 10.6 Å². The number of pyridine rings is 1. The van der Waals surface area contributed by atoms with Crippen LogP contribution in [-0.4, -0.2) is 43.1 Å². The fraction of sp³-hybridized carbons (Fsp3) is 0.455. The summed E-state index contributed by atoms with van der Waals surface area (Å²) in [7, 11) is -2.15. The molecule has 1 heterocycles. The van der Waals surface area contributed by atoms with Crippen molar-refractivity contribution in [3.63, 3.8) is 0 Å². The van der Waals surface area contributed by atoms with Gasteiger partial charge in [-0.2, -0.15) is 0 Å². The fourth-order valence-corrected chi connectivity index (χ4v) is 2.98. The molecule has 1 aromatic heterocycles. The molecule has 0 bridgehead atoms. The van der Waals surface area contributed by atoms with Crippen molar-refractivity contribution in [3.8, 4) is 0 Å². The van der Waals surface area contributed by atoms with Crippen LogP contribution in [0.15, 0.2) is 23.4 Å². The third kappa shape index (κ3) is 2.61. The summed E-state index contributed by atoms with van der Waals surface area (Å²) in [5.41, 5.74) is 5.63. The van der Waals surface area contributed by atoms with E-state index in [1.54, 1.807) is 13.1 Å². The van der Waals surface area contributed by atoms with Crippen molar-refractivity contribution in [1.82, 2.24) is 9.88 Å². The lowest BCUT2D eigenvalue weighted by atomic mass is 10.4. The molecule has 0 aliphatic heterocycles. The van der Waals surface area contributed by atoms with Gasteiger partial charge in [0.1, 0.15) is 5.75 Å². The van der Waals surface area contributed by atoms with Crippen LogP contribution in [0.3, 0.4) is 0 Å². The first kappa shape index (κ1) is 12.8. The predicted molar refractivity (Wildman–Crippen MR) is 66.5 cm³/mol. The molecular weight excluding hydrogens is 254 g/mol. The van der Waals surface area contributed by atoms with Gasteiger partial charge in [-0.3, -0.25) is 4.79 Å². The Labute approximate surface area is 106 Å². The van der Waals surface area contributed by atoms with Gasteiger partial charge in [0.05, 0.1) is 5.69 Å². The number of amides is 1. The Kier molecular flexibility index (Phi) is 3.25. The van der Waals surface area contributed by atoms with E-state index in [9.17, 15) is 13.2 Å². The third-order valence-corrected chi connectivity index (χ3v) is 4.45. The Hall–Kier alpha value is -1.63. The van der Waals surface area contributed by atoms with Crippen LogP contribution in [0, 0.1) is 0 Å². The molecule has 0 spiro atoms. The molecule has 2 rings (SSSR count). The SMILES string of the molecule is CN(C(=O)CS(=O)(=O)c1ncccc1N)C1CC1. The minimum absolute atomic E-state index is 0.0689. The number of nitrogen functional groups attached to an aromatic ring is 1. The second kappa shape index (κ2) is 4.56. The van der Waals surface area contributed by atoms with Crippen molar-refractivity contribution in [2.45, 2.75) is 23.9 Å². The molecule has 1 fully saturated rings. The van der Waals surface area contributed by atoms with Crippen LogP contribution in [0.25, 0.3) is 0 Å². The molecule has 1 aromatic rings. The van der Waals surface area contributed by atoms with Gasteiger partial charge in [0.2, 0.25) is 15.7 Å². The summed E-state index contributed by atoms with van der Waals surface area (Å²) in [6.07, 6.45) is 3.22. The minimum Gasteiger partial charge on any atom is -0.396 e. The molecule has 98 valence electrons. The molecule has 0 unspecified atom stereocenters. The van der Waals surface area contributed by atoms with E-state index in [0.29, 0.717) is 0 Å². The smallest absolute Gasteiger partial charge is 0.238 e. The predicted octanol–water partition coefficient (Wildman–Crippen LogP) is 0.0583. The van der Waals surface area contributed by atoms with E-state index >= 15 is 0 Å². The number of anilines is 1. The van der Waals surface area contributed by atoms with Gasteiger partial charge in [0.25, 0.3) is 0 Å². The lowest BCUT2D eigenvalue weighted by molar-refractivity contribution is -0.127. The number of carbonyl (C=O) groups excluding carboxylic acids is 1. The zero-order valence-electron chi connectivity index (χ0n) is 10.0. The van der Waals surface area contributed by atoms with E-state index in [2.05, 4.69) is 4.98 Å².